The molecule has 2 aromatic heterocycles. The van der Waals surface area contributed by atoms with Crippen molar-refractivity contribution in [1.29, 1.82) is 0 Å². The van der Waals surface area contributed by atoms with Gasteiger partial charge < -0.3 is 10.0 Å². The van der Waals surface area contributed by atoms with Gasteiger partial charge in [-0.1, -0.05) is 0 Å². The summed E-state index contributed by atoms with van der Waals surface area (Å²) in [4.78, 5) is 22.7. The Kier molecular flexibility index (Phi) is 4.00. The van der Waals surface area contributed by atoms with Crippen LogP contribution in [0.5, 0.6) is 0 Å². The lowest BCUT2D eigenvalue weighted by Gasteiger charge is -2.16. The van der Waals surface area contributed by atoms with Crippen molar-refractivity contribution in [3.8, 4) is 0 Å². The van der Waals surface area contributed by atoms with Crippen LogP contribution in [0.1, 0.15) is 15.9 Å². The second kappa shape index (κ2) is 6.30. The molecule has 24 heavy (non-hydrogen) atoms. The Morgan fingerprint density at radius 2 is 2.08 bits per heavy atom. The Balaban J connectivity index is 1.49. The Morgan fingerprint density at radius 1 is 1.25 bits per heavy atom. The van der Waals surface area contributed by atoms with Gasteiger partial charge in [0, 0.05) is 37.0 Å². The number of likely N-dealkylation sites (tertiary alicyclic amines) is 1. The molecule has 6 heteroatoms. The molecule has 2 atom stereocenters. The minimum Gasteiger partial charge on any atom is -0.391 e. The molecule has 1 aromatic carbocycles. The quantitative estimate of drug-likeness (QED) is 0.795. The van der Waals surface area contributed by atoms with Crippen LogP contribution in [0.15, 0.2) is 48.2 Å². The lowest BCUT2D eigenvalue weighted by atomic mass is 9.97. The van der Waals surface area contributed by atoms with E-state index in [-0.39, 0.29) is 11.8 Å². The minimum absolute atomic E-state index is 0.0263. The Bertz CT molecular complexity index is 865. The van der Waals surface area contributed by atoms with Crippen LogP contribution in [0.4, 0.5) is 0 Å². The van der Waals surface area contributed by atoms with Gasteiger partial charge in [-0.05, 0) is 42.3 Å². The number of amides is 1. The molecule has 0 radical (unpaired) electrons. The summed E-state index contributed by atoms with van der Waals surface area (Å²) in [5.41, 5.74) is 4.48. The third-order valence-electron chi connectivity index (χ3n) is 4.52. The monoisotopic (exact) mass is 339 g/mol. The lowest BCUT2D eigenvalue weighted by molar-refractivity contribution is 0.0765. The first-order valence-corrected chi connectivity index (χ1v) is 8.78. The van der Waals surface area contributed by atoms with Crippen LogP contribution in [0.3, 0.4) is 0 Å². The van der Waals surface area contributed by atoms with E-state index in [0.29, 0.717) is 18.7 Å². The maximum absolute atomic E-state index is 12.7. The van der Waals surface area contributed by atoms with Crippen LogP contribution < -0.4 is 0 Å². The Morgan fingerprint density at radius 3 is 2.92 bits per heavy atom. The smallest absolute Gasteiger partial charge is 0.254 e. The van der Waals surface area contributed by atoms with E-state index in [1.54, 1.807) is 22.8 Å². The molecule has 1 saturated heterocycles. The molecule has 0 aliphatic carbocycles. The van der Waals surface area contributed by atoms with Gasteiger partial charge in [0.15, 0.2) is 0 Å². The summed E-state index contributed by atoms with van der Waals surface area (Å²) in [6, 6.07) is 9.48. The van der Waals surface area contributed by atoms with Crippen molar-refractivity contribution < 1.29 is 9.90 Å². The zero-order valence-corrected chi connectivity index (χ0v) is 13.8. The first kappa shape index (κ1) is 15.2. The SMILES string of the molecule is O=C(c1ccc2ncsc2c1)N1C[C@@H](Cc2ccncc2)[C@@H](O)C1. The number of benzene rings is 1. The van der Waals surface area contributed by atoms with Crippen LogP contribution in [0.2, 0.25) is 0 Å². The third-order valence-corrected chi connectivity index (χ3v) is 5.31. The zero-order valence-electron chi connectivity index (χ0n) is 13.0. The molecule has 0 spiro atoms. The van der Waals surface area contributed by atoms with Gasteiger partial charge in [-0.25, -0.2) is 4.98 Å². The van der Waals surface area contributed by atoms with Crippen molar-refractivity contribution in [1.82, 2.24) is 14.9 Å². The number of carbonyl (C=O) groups excluding carboxylic acids is 1. The van der Waals surface area contributed by atoms with Crippen molar-refractivity contribution in [2.45, 2.75) is 12.5 Å². The topological polar surface area (TPSA) is 66.3 Å². The summed E-state index contributed by atoms with van der Waals surface area (Å²) in [5.74, 6) is 0.0325. The van der Waals surface area contributed by atoms with E-state index in [0.717, 1.165) is 22.2 Å². The zero-order chi connectivity index (χ0) is 16.5. The molecule has 3 aromatic rings. The summed E-state index contributed by atoms with van der Waals surface area (Å²) in [5, 5.41) is 10.3. The number of aromatic nitrogens is 2. The van der Waals surface area contributed by atoms with Gasteiger partial charge in [-0.3, -0.25) is 9.78 Å². The fraction of sp³-hybridized carbons (Fsp3) is 0.278. The summed E-state index contributed by atoms with van der Waals surface area (Å²) < 4.78 is 1.01. The third kappa shape index (κ3) is 2.90. The number of aliphatic hydroxyl groups excluding tert-OH is 1. The fourth-order valence-corrected chi connectivity index (χ4v) is 3.93. The highest BCUT2D eigenvalue weighted by atomic mass is 32.1. The van der Waals surface area contributed by atoms with Gasteiger partial charge in [0.2, 0.25) is 0 Å². The number of hydrogen-bond donors (Lipinski definition) is 1. The number of pyridine rings is 1. The molecular formula is C18H17N3O2S. The van der Waals surface area contributed by atoms with Crippen molar-refractivity contribution in [2.24, 2.45) is 5.92 Å². The fourth-order valence-electron chi connectivity index (χ4n) is 3.21. The van der Waals surface area contributed by atoms with Gasteiger partial charge in [0.1, 0.15) is 0 Å². The van der Waals surface area contributed by atoms with E-state index in [4.69, 9.17) is 0 Å². The largest absolute Gasteiger partial charge is 0.391 e. The van der Waals surface area contributed by atoms with Gasteiger partial charge >= 0.3 is 0 Å². The highest BCUT2D eigenvalue weighted by Gasteiger charge is 2.34. The van der Waals surface area contributed by atoms with E-state index in [1.807, 2.05) is 30.3 Å². The highest BCUT2D eigenvalue weighted by molar-refractivity contribution is 7.16. The van der Waals surface area contributed by atoms with Crippen LogP contribution >= 0.6 is 11.3 Å². The molecule has 1 aliphatic rings. The van der Waals surface area contributed by atoms with E-state index in [2.05, 4.69) is 9.97 Å². The van der Waals surface area contributed by atoms with E-state index < -0.39 is 6.10 Å². The number of thiazole rings is 1. The molecule has 0 saturated carbocycles. The maximum atomic E-state index is 12.7. The first-order chi connectivity index (χ1) is 11.7. The second-order valence-corrected chi connectivity index (χ2v) is 7.02. The molecular weight excluding hydrogens is 322 g/mol. The lowest BCUT2D eigenvalue weighted by Crippen LogP contribution is -2.29. The van der Waals surface area contributed by atoms with Gasteiger partial charge in [-0.2, -0.15) is 0 Å². The second-order valence-electron chi connectivity index (χ2n) is 6.13. The average molecular weight is 339 g/mol. The van der Waals surface area contributed by atoms with Crippen LogP contribution in [0, 0.1) is 5.92 Å². The number of β-amino-alcohol motifs (C(OH)–C–C–N with tert-alkyl or cyclic N) is 1. The predicted octanol–water partition coefficient (Wildman–Crippen LogP) is 2.37. The Labute approximate surface area is 143 Å². The van der Waals surface area contributed by atoms with Crippen molar-refractivity contribution in [2.75, 3.05) is 13.1 Å². The molecule has 3 heterocycles. The number of rotatable bonds is 3. The highest BCUT2D eigenvalue weighted by Crippen LogP contribution is 2.25. The summed E-state index contributed by atoms with van der Waals surface area (Å²) in [7, 11) is 0. The standard InChI is InChI=1S/C18H17N3O2S/c22-16-10-21(9-14(16)7-12-3-5-19-6-4-12)18(23)13-1-2-15-17(8-13)24-11-20-15/h1-6,8,11,14,16,22H,7,9-10H2/t14-,16+/m1/s1. The predicted molar refractivity (Wildman–Crippen MR) is 93.0 cm³/mol. The number of carbonyl (C=O) groups is 1. The van der Waals surface area contributed by atoms with E-state index >= 15 is 0 Å². The number of hydrogen-bond acceptors (Lipinski definition) is 5. The van der Waals surface area contributed by atoms with Gasteiger partial charge in [0.05, 0.1) is 21.8 Å². The minimum atomic E-state index is -0.491. The summed E-state index contributed by atoms with van der Waals surface area (Å²) in [6.07, 6.45) is 3.77. The van der Waals surface area contributed by atoms with Crippen molar-refractivity contribution >= 4 is 27.5 Å². The van der Waals surface area contributed by atoms with Crippen LogP contribution in [-0.2, 0) is 6.42 Å². The van der Waals surface area contributed by atoms with Gasteiger partial charge in [0.25, 0.3) is 5.91 Å². The normalized spacial score (nSPS) is 20.6. The molecule has 1 aliphatic heterocycles. The molecule has 1 amide bonds. The first-order valence-electron chi connectivity index (χ1n) is 7.90. The molecule has 0 unspecified atom stereocenters. The number of fused-ring (bicyclic) bond motifs is 1. The molecule has 5 nitrogen and oxygen atoms in total. The molecule has 1 fully saturated rings. The molecule has 1 N–H and O–H groups in total. The summed E-state index contributed by atoms with van der Waals surface area (Å²) >= 11 is 1.53. The van der Waals surface area contributed by atoms with E-state index in [1.165, 1.54) is 11.3 Å². The van der Waals surface area contributed by atoms with Crippen molar-refractivity contribution in [3.63, 3.8) is 0 Å². The van der Waals surface area contributed by atoms with E-state index in [9.17, 15) is 9.90 Å². The maximum Gasteiger partial charge on any atom is 0.254 e. The van der Waals surface area contributed by atoms with Crippen LogP contribution in [0.25, 0.3) is 10.2 Å². The Hall–Kier alpha value is -2.31. The number of nitrogens with zero attached hydrogens (tertiary/aromatic N) is 3. The number of aliphatic hydroxyl groups is 1. The molecule has 0 bridgehead atoms. The molecule has 4 rings (SSSR count). The van der Waals surface area contributed by atoms with Crippen molar-refractivity contribution in [3.05, 3.63) is 59.4 Å². The van der Waals surface area contributed by atoms with Gasteiger partial charge in [-0.15, -0.1) is 11.3 Å². The average Bonchev–Trinajstić information content (AvgIpc) is 3.21. The molecule has 122 valence electrons. The summed E-state index contributed by atoms with van der Waals surface area (Å²) in [6.45, 7) is 0.957. The van der Waals surface area contributed by atoms with Crippen LogP contribution in [-0.4, -0.2) is 45.1 Å².